The van der Waals surface area contributed by atoms with Gasteiger partial charge >= 0.3 is 12.4 Å². The number of nitrogens with zero attached hydrogens (tertiary/aromatic N) is 3. The summed E-state index contributed by atoms with van der Waals surface area (Å²) in [7, 11) is 3.70. The van der Waals surface area contributed by atoms with E-state index >= 15 is 0 Å². The fraction of sp³-hybridized carbons (Fsp3) is 0.412. The van der Waals surface area contributed by atoms with Crippen LogP contribution in [-0.2, 0) is 12.4 Å². The van der Waals surface area contributed by atoms with Gasteiger partial charge in [0.15, 0.2) is 5.69 Å². The standard InChI is InChI=1S/C17H19F6N5/c1-28(2)9-5-8-24-15-26-13(17(21,22)23)10-14(27-15)25-12-7-4-3-6-11(12)16(18,19)20/h3-4,6-7,10H,5,8-9H2,1-2H3,(H2,24,25,26,27). The molecule has 5 nitrogen and oxygen atoms in total. The van der Waals surface area contributed by atoms with E-state index in [9.17, 15) is 26.3 Å². The van der Waals surface area contributed by atoms with Gasteiger partial charge in [0.25, 0.3) is 0 Å². The number of para-hydroxylation sites is 1. The maximum absolute atomic E-state index is 13.1. The number of halogens is 6. The average molecular weight is 407 g/mol. The molecule has 1 aromatic heterocycles. The van der Waals surface area contributed by atoms with Gasteiger partial charge < -0.3 is 15.5 Å². The predicted octanol–water partition coefficient (Wildman–Crippen LogP) is 4.62. The molecule has 2 N–H and O–H groups in total. The Kier molecular flexibility index (Phi) is 6.70. The highest BCUT2D eigenvalue weighted by molar-refractivity contribution is 5.62. The van der Waals surface area contributed by atoms with Crippen molar-refractivity contribution in [3.05, 3.63) is 41.6 Å². The van der Waals surface area contributed by atoms with Crippen LogP contribution in [-0.4, -0.2) is 42.1 Å². The zero-order valence-corrected chi connectivity index (χ0v) is 15.1. The van der Waals surface area contributed by atoms with Gasteiger partial charge in [-0.3, -0.25) is 0 Å². The Hall–Kier alpha value is -2.56. The van der Waals surface area contributed by atoms with Gasteiger partial charge in [0.1, 0.15) is 5.82 Å². The summed E-state index contributed by atoms with van der Waals surface area (Å²) in [6.45, 7) is 0.994. The zero-order valence-electron chi connectivity index (χ0n) is 15.1. The van der Waals surface area contributed by atoms with E-state index in [1.165, 1.54) is 12.1 Å². The molecule has 11 heteroatoms. The van der Waals surface area contributed by atoms with Crippen molar-refractivity contribution in [3.8, 4) is 0 Å². The molecule has 0 atom stereocenters. The van der Waals surface area contributed by atoms with Crippen LogP contribution in [0.25, 0.3) is 0 Å². The summed E-state index contributed by atoms with van der Waals surface area (Å²) in [5.41, 5.74) is -2.67. The Bertz CT molecular complexity index is 788. The second kappa shape index (κ2) is 8.63. The number of nitrogens with one attached hydrogen (secondary N) is 2. The number of rotatable bonds is 7. The number of aromatic nitrogens is 2. The van der Waals surface area contributed by atoms with Crippen LogP contribution in [0.2, 0.25) is 0 Å². The first kappa shape index (κ1) is 21.7. The lowest BCUT2D eigenvalue weighted by molar-refractivity contribution is -0.141. The minimum absolute atomic E-state index is 0.304. The van der Waals surface area contributed by atoms with Gasteiger partial charge in [-0.15, -0.1) is 0 Å². The quantitative estimate of drug-likeness (QED) is 0.518. The summed E-state index contributed by atoms with van der Waals surface area (Å²) in [6.07, 6.45) is -8.83. The Morgan fingerprint density at radius 3 is 2.25 bits per heavy atom. The molecule has 0 spiro atoms. The molecular weight excluding hydrogens is 388 g/mol. The van der Waals surface area contributed by atoms with Gasteiger partial charge in [0.2, 0.25) is 5.95 Å². The van der Waals surface area contributed by atoms with Crippen LogP contribution < -0.4 is 10.6 Å². The van der Waals surface area contributed by atoms with Gasteiger partial charge in [-0.25, -0.2) is 4.98 Å². The largest absolute Gasteiger partial charge is 0.433 e. The number of anilines is 3. The van der Waals surface area contributed by atoms with Crippen LogP contribution in [0, 0.1) is 0 Å². The van der Waals surface area contributed by atoms with Crippen molar-refractivity contribution in [3.63, 3.8) is 0 Å². The summed E-state index contributed by atoms with van der Waals surface area (Å²) in [4.78, 5) is 9.18. The van der Waals surface area contributed by atoms with Crippen molar-refractivity contribution in [1.82, 2.24) is 14.9 Å². The van der Waals surface area contributed by atoms with Crippen LogP contribution >= 0.6 is 0 Å². The third-order valence-corrected chi connectivity index (χ3v) is 3.58. The van der Waals surface area contributed by atoms with E-state index in [2.05, 4.69) is 20.6 Å². The molecule has 0 aliphatic carbocycles. The first-order valence-corrected chi connectivity index (χ1v) is 8.25. The lowest BCUT2D eigenvalue weighted by Crippen LogP contribution is -2.18. The van der Waals surface area contributed by atoms with E-state index < -0.39 is 35.1 Å². The van der Waals surface area contributed by atoms with E-state index in [1.807, 2.05) is 19.0 Å². The second-order valence-corrected chi connectivity index (χ2v) is 6.21. The molecule has 0 radical (unpaired) electrons. The SMILES string of the molecule is CN(C)CCCNc1nc(Nc2ccccc2C(F)(F)F)cc(C(F)(F)F)n1. The van der Waals surface area contributed by atoms with Crippen molar-refractivity contribution in [2.24, 2.45) is 0 Å². The van der Waals surface area contributed by atoms with Gasteiger partial charge in [-0.1, -0.05) is 12.1 Å². The van der Waals surface area contributed by atoms with Crippen molar-refractivity contribution in [1.29, 1.82) is 0 Å². The maximum Gasteiger partial charge on any atom is 0.433 e. The summed E-state index contributed by atoms with van der Waals surface area (Å²) in [6, 6.07) is 5.03. The molecule has 2 aromatic rings. The van der Waals surface area contributed by atoms with E-state index in [4.69, 9.17) is 0 Å². The van der Waals surface area contributed by atoms with Crippen molar-refractivity contribution in [2.75, 3.05) is 37.8 Å². The summed E-state index contributed by atoms with van der Waals surface area (Å²) in [5.74, 6) is -0.713. The van der Waals surface area contributed by atoms with Gasteiger partial charge in [-0.2, -0.15) is 31.3 Å². The molecule has 0 aliphatic rings. The highest BCUT2D eigenvalue weighted by atomic mass is 19.4. The smallest absolute Gasteiger partial charge is 0.354 e. The van der Waals surface area contributed by atoms with Crippen LogP contribution in [0.3, 0.4) is 0 Å². The monoisotopic (exact) mass is 407 g/mol. The van der Waals surface area contributed by atoms with Crippen LogP contribution in [0.5, 0.6) is 0 Å². The van der Waals surface area contributed by atoms with E-state index in [0.29, 0.717) is 25.6 Å². The molecule has 0 aliphatic heterocycles. The lowest BCUT2D eigenvalue weighted by Gasteiger charge is -2.16. The first-order valence-electron chi connectivity index (χ1n) is 8.25. The third-order valence-electron chi connectivity index (χ3n) is 3.58. The van der Waals surface area contributed by atoms with Crippen LogP contribution in [0.15, 0.2) is 30.3 Å². The molecule has 28 heavy (non-hydrogen) atoms. The Morgan fingerprint density at radius 1 is 0.964 bits per heavy atom. The fourth-order valence-corrected chi connectivity index (χ4v) is 2.31. The minimum Gasteiger partial charge on any atom is -0.354 e. The molecule has 0 unspecified atom stereocenters. The normalized spacial score (nSPS) is 12.3. The van der Waals surface area contributed by atoms with E-state index in [0.717, 1.165) is 12.1 Å². The van der Waals surface area contributed by atoms with Gasteiger partial charge in [0.05, 0.1) is 11.3 Å². The van der Waals surface area contributed by atoms with Gasteiger partial charge in [-0.05, 0) is 39.2 Å². The van der Waals surface area contributed by atoms with Crippen molar-refractivity contribution < 1.29 is 26.3 Å². The molecule has 154 valence electrons. The van der Waals surface area contributed by atoms with E-state index in [-0.39, 0.29) is 5.95 Å². The van der Waals surface area contributed by atoms with E-state index in [1.54, 1.807) is 0 Å². The number of hydrogen-bond acceptors (Lipinski definition) is 5. The molecule has 0 fully saturated rings. The van der Waals surface area contributed by atoms with Crippen molar-refractivity contribution in [2.45, 2.75) is 18.8 Å². The maximum atomic E-state index is 13.1. The lowest BCUT2D eigenvalue weighted by atomic mass is 10.1. The number of alkyl halides is 6. The summed E-state index contributed by atoms with van der Waals surface area (Å²) < 4.78 is 78.7. The third kappa shape index (κ3) is 6.25. The second-order valence-electron chi connectivity index (χ2n) is 6.21. The van der Waals surface area contributed by atoms with Gasteiger partial charge in [0, 0.05) is 12.6 Å². The predicted molar refractivity (Wildman–Crippen MR) is 93.4 cm³/mol. The highest BCUT2D eigenvalue weighted by Gasteiger charge is 2.35. The fourth-order valence-electron chi connectivity index (χ4n) is 2.31. The van der Waals surface area contributed by atoms with Crippen LogP contribution in [0.1, 0.15) is 17.7 Å². The molecule has 1 aromatic carbocycles. The summed E-state index contributed by atoms with van der Waals surface area (Å²) >= 11 is 0. The Morgan fingerprint density at radius 2 is 1.64 bits per heavy atom. The minimum atomic E-state index is -4.77. The molecular formula is C17H19F6N5. The zero-order chi connectivity index (χ0) is 20.9. The molecule has 0 bridgehead atoms. The molecule has 1 heterocycles. The number of hydrogen-bond donors (Lipinski definition) is 2. The summed E-state index contributed by atoms with van der Waals surface area (Å²) in [5, 5.41) is 4.99. The molecule has 0 saturated carbocycles. The molecule has 0 saturated heterocycles. The highest BCUT2D eigenvalue weighted by Crippen LogP contribution is 2.36. The van der Waals surface area contributed by atoms with Crippen LogP contribution in [0.4, 0.5) is 43.8 Å². The topological polar surface area (TPSA) is 53.1 Å². The average Bonchev–Trinajstić information content (AvgIpc) is 2.57. The number of benzene rings is 1. The first-order chi connectivity index (χ1) is 13.0. The van der Waals surface area contributed by atoms with Crippen molar-refractivity contribution >= 4 is 17.5 Å². The molecule has 0 amide bonds. The Labute approximate surface area is 157 Å². The Balaban J connectivity index is 2.30. The molecule has 2 rings (SSSR count).